The van der Waals surface area contributed by atoms with Gasteiger partial charge in [0.15, 0.2) is 0 Å². The molecule has 0 spiro atoms. The molecule has 1 aromatic carbocycles. The maximum Gasteiger partial charge on any atom is 0.252 e. The smallest absolute Gasteiger partial charge is 0.252 e. The monoisotopic (exact) mass is 391 g/mol. The molecule has 2 heterocycles. The molecule has 3 rings (SSSR count). The third-order valence-electron chi connectivity index (χ3n) is 4.94. The molecular weight excluding hydrogens is 365 g/mol. The molecule has 4 nitrogen and oxygen atoms in total. The zero-order valence-electron chi connectivity index (χ0n) is 17.1. The largest absolute Gasteiger partial charge is 0.356 e. The van der Waals surface area contributed by atoms with Gasteiger partial charge in [-0.15, -0.1) is 0 Å². The lowest BCUT2D eigenvalue weighted by atomic mass is 10.0. The number of nitrogens with one attached hydrogen (secondary N) is 2. The number of benzene rings is 1. The Morgan fingerprint density at radius 3 is 2.86 bits per heavy atom. The molecule has 3 aromatic rings. The fraction of sp³-hybridized carbons (Fsp3) is 0.250. The Morgan fingerprint density at radius 2 is 2.07 bits per heavy atom. The van der Waals surface area contributed by atoms with E-state index < -0.39 is 0 Å². The van der Waals surface area contributed by atoms with Crippen molar-refractivity contribution < 1.29 is 9.18 Å². The number of hydrogen-bond acceptors (Lipinski definition) is 2. The van der Waals surface area contributed by atoms with Crippen LogP contribution >= 0.6 is 0 Å². The Kier molecular flexibility index (Phi) is 6.60. The zero-order chi connectivity index (χ0) is 20.8. The Bertz CT molecular complexity index is 1080. The summed E-state index contributed by atoms with van der Waals surface area (Å²) >= 11 is 0. The summed E-state index contributed by atoms with van der Waals surface area (Å²) in [6.45, 7) is 6.34. The van der Waals surface area contributed by atoms with E-state index in [2.05, 4.69) is 15.3 Å². The van der Waals surface area contributed by atoms with E-state index in [9.17, 15) is 9.18 Å². The molecule has 0 aliphatic carbocycles. The van der Waals surface area contributed by atoms with Crippen molar-refractivity contribution in [2.24, 2.45) is 0 Å². The second-order valence-corrected chi connectivity index (χ2v) is 7.09. The van der Waals surface area contributed by atoms with Crippen LogP contribution < -0.4 is 5.32 Å². The summed E-state index contributed by atoms with van der Waals surface area (Å²) in [7, 11) is 0. The van der Waals surface area contributed by atoms with Gasteiger partial charge in [-0.2, -0.15) is 0 Å². The number of allylic oxidation sites excluding steroid dienone is 4. The molecular formula is C24H26FN3O. The SMILES string of the molecule is C/C=C\C=C/Cc1cncc(C(=O)NCCc2c(C)[nH]c3c(F)ccc(C)c23)c1. The molecule has 0 radical (unpaired) electrons. The van der Waals surface area contributed by atoms with E-state index in [1.165, 1.54) is 6.07 Å². The van der Waals surface area contributed by atoms with Crippen molar-refractivity contribution in [2.45, 2.75) is 33.6 Å². The van der Waals surface area contributed by atoms with Crippen LogP contribution in [0, 0.1) is 19.7 Å². The number of aromatic amines is 1. The Balaban J connectivity index is 1.66. The highest BCUT2D eigenvalue weighted by Gasteiger charge is 2.14. The normalized spacial score (nSPS) is 11.7. The quantitative estimate of drug-likeness (QED) is 0.559. The summed E-state index contributed by atoms with van der Waals surface area (Å²) in [5, 5.41) is 3.86. The molecule has 0 saturated carbocycles. The van der Waals surface area contributed by atoms with Gasteiger partial charge in [0.1, 0.15) is 5.82 Å². The van der Waals surface area contributed by atoms with Gasteiger partial charge in [-0.25, -0.2) is 4.39 Å². The summed E-state index contributed by atoms with van der Waals surface area (Å²) in [5.41, 5.74) is 5.05. The number of fused-ring (bicyclic) bond motifs is 1. The van der Waals surface area contributed by atoms with Crippen LogP contribution in [0.25, 0.3) is 10.9 Å². The number of carbonyl (C=O) groups is 1. The average molecular weight is 391 g/mol. The average Bonchev–Trinajstić information content (AvgIpc) is 3.06. The van der Waals surface area contributed by atoms with Crippen LogP contribution in [-0.2, 0) is 12.8 Å². The number of rotatable bonds is 7. The number of carbonyl (C=O) groups excluding carboxylic acids is 1. The van der Waals surface area contributed by atoms with Crippen LogP contribution in [0.4, 0.5) is 4.39 Å². The molecule has 0 fully saturated rings. The first-order valence-electron chi connectivity index (χ1n) is 9.77. The van der Waals surface area contributed by atoms with Crippen molar-refractivity contribution in [3.8, 4) is 0 Å². The van der Waals surface area contributed by atoms with Gasteiger partial charge in [-0.3, -0.25) is 9.78 Å². The Morgan fingerprint density at radius 1 is 1.24 bits per heavy atom. The number of aryl methyl sites for hydroxylation is 2. The summed E-state index contributed by atoms with van der Waals surface area (Å²) < 4.78 is 14.1. The van der Waals surface area contributed by atoms with E-state index in [0.717, 1.165) is 34.2 Å². The zero-order valence-corrected chi connectivity index (χ0v) is 17.1. The highest BCUT2D eigenvalue weighted by Crippen LogP contribution is 2.27. The standard InChI is InChI=1S/C24H26FN3O/c1-4-5-6-7-8-18-13-19(15-26-14-18)24(29)27-12-11-20-17(3)28-23-21(25)10-9-16(2)22(20)23/h4-7,9-10,13-15,28H,8,11-12H2,1-3H3,(H,27,29)/b5-4-,7-6-. The molecule has 0 atom stereocenters. The second kappa shape index (κ2) is 9.32. The lowest BCUT2D eigenvalue weighted by Crippen LogP contribution is -2.26. The molecule has 2 N–H and O–H groups in total. The minimum Gasteiger partial charge on any atom is -0.356 e. The first kappa shape index (κ1) is 20.5. The Hall–Kier alpha value is -3.21. The second-order valence-electron chi connectivity index (χ2n) is 7.09. The fourth-order valence-electron chi connectivity index (χ4n) is 3.48. The molecule has 1 amide bonds. The number of H-pyrrole nitrogens is 1. The predicted octanol–water partition coefficient (Wildman–Crippen LogP) is 4.97. The van der Waals surface area contributed by atoms with Crippen LogP contribution in [0.2, 0.25) is 0 Å². The third kappa shape index (κ3) is 4.80. The molecule has 0 saturated heterocycles. The van der Waals surface area contributed by atoms with Crippen LogP contribution in [-0.4, -0.2) is 22.4 Å². The van der Waals surface area contributed by atoms with E-state index in [1.54, 1.807) is 18.5 Å². The van der Waals surface area contributed by atoms with Gasteiger partial charge < -0.3 is 10.3 Å². The topological polar surface area (TPSA) is 57.8 Å². The van der Waals surface area contributed by atoms with E-state index in [0.29, 0.717) is 24.0 Å². The van der Waals surface area contributed by atoms with Crippen LogP contribution in [0.5, 0.6) is 0 Å². The van der Waals surface area contributed by atoms with E-state index in [-0.39, 0.29) is 11.7 Å². The van der Waals surface area contributed by atoms with Crippen molar-refractivity contribution in [1.82, 2.24) is 15.3 Å². The maximum absolute atomic E-state index is 14.1. The van der Waals surface area contributed by atoms with Gasteiger partial charge in [-0.1, -0.05) is 30.4 Å². The van der Waals surface area contributed by atoms with Gasteiger partial charge in [0, 0.05) is 30.0 Å². The van der Waals surface area contributed by atoms with Crippen molar-refractivity contribution in [3.63, 3.8) is 0 Å². The van der Waals surface area contributed by atoms with Crippen molar-refractivity contribution in [1.29, 1.82) is 0 Å². The van der Waals surface area contributed by atoms with Gasteiger partial charge in [-0.05, 0) is 62.4 Å². The van der Waals surface area contributed by atoms with E-state index in [4.69, 9.17) is 0 Å². The number of halogens is 1. The van der Waals surface area contributed by atoms with Gasteiger partial charge in [0.2, 0.25) is 0 Å². The van der Waals surface area contributed by atoms with Crippen LogP contribution in [0.15, 0.2) is 54.9 Å². The van der Waals surface area contributed by atoms with E-state index in [1.807, 2.05) is 51.1 Å². The number of hydrogen-bond donors (Lipinski definition) is 2. The van der Waals surface area contributed by atoms with Crippen LogP contribution in [0.3, 0.4) is 0 Å². The number of nitrogens with zero attached hydrogens (tertiary/aromatic N) is 1. The summed E-state index contributed by atoms with van der Waals surface area (Å²) in [4.78, 5) is 19.8. The van der Waals surface area contributed by atoms with Crippen molar-refractivity contribution in [3.05, 3.63) is 88.7 Å². The first-order valence-corrected chi connectivity index (χ1v) is 9.77. The lowest BCUT2D eigenvalue weighted by molar-refractivity contribution is 0.0953. The molecule has 0 bridgehead atoms. The van der Waals surface area contributed by atoms with Crippen LogP contribution in [0.1, 0.15) is 39.7 Å². The third-order valence-corrected chi connectivity index (χ3v) is 4.94. The van der Waals surface area contributed by atoms with E-state index >= 15 is 0 Å². The number of pyridine rings is 1. The van der Waals surface area contributed by atoms with Gasteiger partial charge in [0.25, 0.3) is 5.91 Å². The summed E-state index contributed by atoms with van der Waals surface area (Å²) in [6, 6.07) is 5.13. The molecule has 29 heavy (non-hydrogen) atoms. The minimum atomic E-state index is -0.254. The highest BCUT2D eigenvalue weighted by atomic mass is 19.1. The Labute approximate surface area is 170 Å². The summed E-state index contributed by atoms with van der Waals surface area (Å²) in [6.07, 6.45) is 12.6. The van der Waals surface area contributed by atoms with Crippen molar-refractivity contribution in [2.75, 3.05) is 6.54 Å². The number of amides is 1. The van der Waals surface area contributed by atoms with Gasteiger partial charge >= 0.3 is 0 Å². The molecule has 5 heteroatoms. The summed E-state index contributed by atoms with van der Waals surface area (Å²) in [5.74, 6) is -0.410. The van der Waals surface area contributed by atoms with Gasteiger partial charge in [0.05, 0.1) is 11.1 Å². The lowest BCUT2D eigenvalue weighted by Gasteiger charge is -2.07. The first-order chi connectivity index (χ1) is 14.0. The predicted molar refractivity (Wildman–Crippen MR) is 116 cm³/mol. The van der Waals surface area contributed by atoms with Crippen molar-refractivity contribution >= 4 is 16.8 Å². The highest BCUT2D eigenvalue weighted by molar-refractivity contribution is 5.94. The fourth-order valence-corrected chi connectivity index (χ4v) is 3.48. The molecule has 2 aromatic heterocycles. The molecule has 0 aliphatic rings. The molecule has 0 aliphatic heterocycles. The number of aromatic nitrogens is 2. The minimum absolute atomic E-state index is 0.155. The maximum atomic E-state index is 14.1. The molecule has 0 unspecified atom stereocenters. The molecule has 150 valence electrons.